The number of hydrogen-bond acceptors (Lipinski definition) is 1. The first kappa shape index (κ1) is 11.6. The summed E-state index contributed by atoms with van der Waals surface area (Å²) in [6.07, 6.45) is 10.7. The van der Waals surface area contributed by atoms with Crippen LogP contribution >= 0.6 is 0 Å². The molecule has 3 atom stereocenters. The topological polar surface area (TPSA) is 12.0 Å². The van der Waals surface area contributed by atoms with Crippen molar-refractivity contribution in [1.29, 1.82) is 0 Å². The first-order valence-electron chi connectivity index (χ1n) is 5.85. The molecule has 0 radical (unpaired) electrons. The molecule has 0 amide bonds. The lowest BCUT2D eigenvalue weighted by Crippen LogP contribution is -2.39. The van der Waals surface area contributed by atoms with Crippen molar-refractivity contribution in [3.63, 3.8) is 0 Å². The molecule has 1 N–H and O–H groups in total. The lowest BCUT2D eigenvalue weighted by Gasteiger charge is -2.33. The minimum Gasteiger partial charge on any atom is -0.301 e. The largest absolute Gasteiger partial charge is 0.301 e. The van der Waals surface area contributed by atoms with Crippen molar-refractivity contribution in [2.75, 3.05) is 0 Å². The Hall–Kier alpha value is -0.480. The van der Waals surface area contributed by atoms with E-state index in [-0.39, 0.29) is 6.04 Å². The van der Waals surface area contributed by atoms with Gasteiger partial charge in [-0.05, 0) is 31.6 Å². The van der Waals surface area contributed by atoms with E-state index in [1.165, 1.54) is 25.7 Å². The van der Waals surface area contributed by atoms with Crippen LogP contribution in [0.25, 0.3) is 0 Å². The Labute approximate surface area is 88.7 Å². The van der Waals surface area contributed by atoms with Gasteiger partial charge in [-0.15, -0.1) is 6.42 Å². The van der Waals surface area contributed by atoms with Crippen molar-refractivity contribution in [2.45, 2.75) is 58.5 Å². The van der Waals surface area contributed by atoms with E-state index in [0.29, 0.717) is 6.04 Å². The summed E-state index contributed by atoms with van der Waals surface area (Å²) in [6, 6.07) is 0.883. The summed E-state index contributed by atoms with van der Waals surface area (Å²) in [4.78, 5) is 0. The van der Waals surface area contributed by atoms with Crippen molar-refractivity contribution in [3.05, 3.63) is 0 Å². The molecule has 1 fully saturated rings. The van der Waals surface area contributed by atoms with Crippen LogP contribution in [0, 0.1) is 24.2 Å². The minimum absolute atomic E-state index is 0.228. The van der Waals surface area contributed by atoms with Crippen LogP contribution in [0.1, 0.15) is 46.5 Å². The summed E-state index contributed by atoms with van der Waals surface area (Å²) in [5.41, 5.74) is 0. The Morgan fingerprint density at radius 2 is 2.00 bits per heavy atom. The highest BCUT2D eigenvalue weighted by atomic mass is 14.9. The van der Waals surface area contributed by atoms with E-state index in [1.807, 2.05) is 0 Å². The molecule has 80 valence electrons. The Bertz CT molecular complexity index is 202. The van der Waals surface area contributed by atoms with Gasteiger partial charge in [-0.25, -0.2) is 0 Å². The Balaban J connectivity index is 2.37. The maximum absolute atomic E-state index is 5.37. The summed E-state index contributed by atoms with van der Waals surface area (Å²) in [7, 11) is 0. The van der Waals surface area contributed by atoms with Crippen molar-refractivity contribution in [1.82, 2.24) is 5.32 Å². The van der Waals surface area contributed by atoms with E-state index in [1.54, 1.807) is 0 Å². The highest BCUT2D eigenvalue weighted by Gasteiger charge is 2.24. The zero-order chi connectivity index (χ0) is 10.6. The van der Waals surface area contributed by atoms with E-state index in [0.717, 1.165) is 11.8 Å². The molecule has 1 aliphatic carbocycles. The molecule has 1 heteroatoms. The van der Waals surface area contributed by atoms with Gasteiger partial charge < -0.3 is 5.32 Å². The number of rotatable bonds is 3. The normalized spacial score (nSPS) is 29.9. The SMILES string of the molecule is C#CC(C)NC1CCCC(C(C)C)C1. The Morgan fingerprint density at radius 1 is 1.29 bits per heavy atom. The lowest BCUT2D eigenvalue weighted by molar-refractivity contribution is 0.228. The van der Waals surface area contributed by atoms with Crippen molar-refractivity contribution < 1.29 is 0 Å². The molecule has 0 bridgehead atoms. The second-order valence-electron chi connectivity index (χ2n) is 4.92. The van der Waals surface area contributed by atoms with Gasteiger partial charge in [-0.1, -0.05) is 32.6 Å². The van der Waals surface area contributed by atoms with Crippen LogP contribution in [0.4, 0.5) is 0 Å². The first-order valence-corrected chi connectivity index (χ1v) is 5.85. The smallest absolute Gasteiger partial charge is 0.0660 e. The second-order valence-corrected chi connectivity index (χ2v) is 4.92. The molecule has 0 aromatic heterocycles. The van der Waals surface area contributed by atoms with E-state index in [9.17, 15) is 0 Å². The zero-order valence-electron chi connectivity index (χ0n) is 9.72. The van der Waals surface area contributed by atoms with Gasteiger partial charge in [-0.2, -0.15) is 0 Å². The number of nitrogens with one attached hydrogen (secondary N) is 1. The van der Waals surface area contributed by atoms with E-state index in [2.05, 4.69) is 32.0 Å². The van der Waals surface area contributed by atoms with Crippen LogP contribution in [-0.2, 0) is 0 Å². The molecule has 1 aliphatic rings. The summed E-state index contributed by atoms with van der Waals surface area (Å²) in [5.74, 6) is 4.46. The van der Waals surface area contributed by atoms with Gasteiger partial charge in [0.05, 0.1) is 6.04 Å². The number of hydrogen-bond donors (Lipinski definition) is 1. The molecule has 3 unspecified atom stereocenters. The van der Waals surface area contributed by atoms with Crippen LogP contribution in [-0.4, -0.2) is 12.1 Å². The van der Waals surface area contributed by atoms with Gasteiger partial charge in [0.1, 0.15) is 0 Å². The van der Waals surface area contributed by atoms with Crippen LogP contribution in [0.2, 0.25) is 0 Å². The molecule has 0 spiro atoms. The molecule has 1 nitrogen and oxygen atoms in total. The maximum Gasteiger partial charge on any atom is 0.0660 e. The maximum atomic E-state index is 5.37. The lowest BCUT2D eigenvalue weighted by atomic mass is 9.79. The zero-order valence-corrected chi connectivity index (χ0v) is 9.72. The van der Waals surface area contributed by atoms with Crippen LogP contribution in [0.3, 0.4) is 0 Å². The summed E-state index contributed by atoms with van der Waals surface area (Å²) >= 11 is 0. The van der Waals surface area contributed by atoms with Gasteiger partial charge in [0.2, 0.25) is 0 Å². The highest BCUT2D eigenvalue weighted by Crippen LogP contribution is 2.29. The molecule has 1 saturated carbocycles. The van der Waals surface area contributed by atoms with E-state index < -0.39 is 0 Å². The summed E-state index contributed by atoms with van der Waals surface area (Å²) in [5, 5.41) is 3.52. The summed E-state index contributed by atoms with van der Waals surface area (Å²) in [6.45, 7) is 6.73. The molecular formula is C13H23N. The van der Waals surface area contributed by atoms with Gasteiger partial charge >= 0.3 is 0 Å². The fraction of sp³-hybridized carbons (Fsp3) is 0.846. The fourth-order valence-electron chi connectivity index (χ4n) is 2.39. The Kier molecular flexibility index (Phi) is 4.48. The molecular weight excluding hydrogens is 170 g/mol. The van der Waals surface area contributed by atoms with Crippen LogP contribution in [0.15, 0.2) is 0 Å². The molecule has 1 rings (SSSR count). The van der Waals surface area contributed by atoms with Crippen molar-refractivity contribution >= 4 is 0 Å². The average molecular weight is 193 g/mol. The third-order valence-corrected chi connectivity index (χ3v) is 3.39. The van der Waals surface area contributed by atoms with Crippen LogP contribution < -0.4 is 5.32 Å². The molecule has 0 aromatic rings. The van der Waals surface area contributed by atoms with Crippen LogP contribution in [0.5, 0.6) is 0 Å². The predicted molar refractivity (Wildman–Crippen MR) is 62.0 cm³/mol. The average Bonchev–Trinajstić information content (AvgIpc) is 2.18. The highest BCUT2D eigenvalue weighted by molar-refractivity contribution is 4.97. The van der Waals surface area contributed by atoms with Gasteiger partial charge in [0, 0.05) is 6.04 Å². The summed E-state index contributed by atoms with van der Waals surface area (Å²) < 4.78 is 0. The van der Waals surface area contributed by atoms with E-state index in [4.69, 9.17) is 6.42 Å². The van der Waals surface area contributed by atoms with Gasteiger partial charge in [0.15, 0.2) is 0 Å². The number of terminal acetylenes is 1. The fourth-order valence-corrected chi connectivity index (χ4v) is 2.39. The molecule has 0 saturated heterocycles. The van der Waals surface area contributed by atoms with Crippen molar-refractivity contribution in [2.24, 2.45) is 11.8 Å². The minimum atomic E-state index is 0.228. The first-order chi connectivity index (χ1) is 6.63. The van der Waals surface area contributed by atoms with Gasteiger partial charge in [0.25, 0.3) is 0 Å². The molecule has 0 heterocycles. The standard InChI is InChI=1S/C13H23N/c1-5-11(4)14-13-8-6-7-12(9-13)10(2)3/h1,10-14H,6-9H2,2-4H3. The van der Waals surface area contributed by atoms with Gasteiger partial charge in [-0.3, -0.25) is 0 Å². The monoisotopic (exact) mass is 193 g/mol. The molecule has 14 heavy (non-hydrogen) atoms. The second kappa shape index (κ2) is 5.41. The predicted octanol–water partition coefficient (Wildman–Crippen LogP) is 2.81. The third kappa shape index (κ3) is 3.35. The Morgan fingerprint density at radius 3 is 2.57 bits per heavy atom. The van der Waals surface area contributed by atoms with Crippen molar-refractivity contribution in [3.8, 4) is 12.3 Å². The quantitative estimate of drug-likeness (QED) is 0.680. The molecule has 0 aliphatic heterocycles. The van der Waals surface area contributed by atoms with E-state index >= 15 is 0 Å². The molecule has 0 aromatic carbocycles. The third-order valence-electron chi connectivity index (χ3n) is 3.39.